The molecule has 160 valence electrons. The van der Waals surface area contributed by atoms with E-state index in [1.165, 1.54) is 18.2 Å². The van der Waals surface area contributed by atoms with Crippen molar-refractivity contribution in [3.05, 3.63) is 76.1 Å². The summed E-state index contributed by atoms with van der Waals surface area (Å²) in [7, 11) is 1.74. The minimum atomic E-state index is -0.552. The fourth-order valence-electron chi connectivity index (χ4n) is 2.70. The van der Waals surface area contributed by atoms with Gasteiger partial charge >= 0.3 is 0 Å². The highest BCUT2D eigenvalue weighted by atomic mass is 32.2. The van der Waals surface area contributed by atoms with Gasteiger partial charge in [-0.15, -0.1) is 10.2 Å². The van der Waals surface area contributed by atoms with Crippen molar-refractivity contribution in [1.29, 1.82) is 0 Å². The zero-order valence-electron chi connectivity index (χ0n) is 16.6. The Morgan fingerprint density at radius 1 is 1.06 bits per heavy atom. The van der Waals surface area contributed by atoms with E-state index in [1.54, 1.807) is 17.7 Å². The molecule has 0 fully saturated rings. The predicted molar refractivity (Wildman–Crippen MR) is 115 cm³/mol. The topological polar surface area (TPSA) is 132 Å². The number of nitro groups is 1. The van der Waals surface area contributed by atoms with Crippen LogP contribution in [0.4, 0.5) is 11.4 Å². The summed E-state index contributed by atoms with van der Waals surface area (Å²) < 4.78 is 1.69. The van der Waals surface area contributed by atoms with Crippen LogP contribution in [0.3, 0.4) is 0 Å². The van der Waals surface area contributed by atoms with Gasteiger partial charge in [0.05, 0.1) is 23.6 Å². The third-order valence-corrected chi connectivity index (χ3v) is 5.30. The molecule has 0 bridgehead atoms. The first-order valence-electron chi connectivity index (χ1n) is 9.29. The van der Waals surface area contributed by atoms with E-state index in [-0.39, 0.29) is 36.0 Å². The van der Waals surface area contributed by atoms with Crippen molar-refractivity contribution in [3.63, 3.8) is 0 Å². The molecule has 0 saturated carbocycles. The summed E-state index contributed by atoms with van der Waals surface area (Å²) in [6.07, 6.45) is 0.270. The number of nitrogens with one attached hydrogen (secondary N) is 2. The maximum Gasteiger partial charge on any atom is 0.292 e. The van der Waals surface area contributed by atoms with E-state index in [4.69, 9.17) is 0 Å². The molecule has 2 amide bonds. The van der Waals surface area contributed by atoms with Crippen LogP contribution in [0.25, 0.3) is 0 Å². The van der Waals surface area contributed by atoms with E-state index in [0.717, 1.165) is 17.3 Å². The number of hydrogen-bond acceptors (Lipinski definition) is 7. The molecule has 0 aliphatic carbocycles. The molecule has 1 heterocycles. The quantitative estimate of drug-likeness (QED) is 0.296. The summed E-state index contributed by atoms with van der Waals surface area (Å²) in [6, 6.07) is 15.3. The van der Waals surface area contributed by atoms with Gasteiger partial charge in [-0.1, -0.05) is 54.2 Å². The van der Waals surface area contributed by atoms with Crippen LogP contribution < -0.4 is 10.6 Å². The molecular weight excluding hydrogens is 420 g/mol. The first kappa shape index (κ1) is 22.0. The van der Waals surface area contributed by atoms with Crippen LogP contribution in [0.2, 0.25) is 0 Å². The smallest absolute Gasteiger partial charge is 0.292 e. The van der Waals surface area contributed by atoms with E-state index in [1.807, 2.05) is 30.3 Å². The number of nitrogens with zero attached hydrogens (tertiary/aromatic N) is 4. The number of nitro benzene ring substituents is 1. The average Bonchev–Trinajstić information content (AvgIpc) is 3.11. The Kier molecular flexibility index (Phi) is 7.33. The number of benzene rings is 2. The number of para-hydroxylation sites is 2. The van der Waals surface area contributed by atoms with Crippen LogP contribution in [-0.2, 0) is 29.6 Å². The Morgan fingerprint density at radius 2 is 1.77 bits per heavy atom. The Bertz CT molecular complexity index is 1090. The lowest BCUT2D eigenvalue weighted by atomic mass is 10.1. The van der Waals surface area contributed by atoms with Crippen molar-refractivity contribution in [3.8, 4) is 0 Å². The molecule has 0 unspecified atom stereocenters. The molecule has 10 nitrogen and oxygen atoms in total. The maximum absolute atomic E-state index is 12.2. The van der Waals surface area contributed by atoms with Crippen LogP contribution in [-0.4, -0.2) is 37.3 Å². The molecule has 2 aromatic carbocycles. The van der Waals surface area contributed by atoms with Crippen molar-refractivity contribution < 1.29 is 14.5 Å². The summed E-state index contributed by atoms with van der Waals surface area (Å²) >= 11 is 1.14. The van der Waals surface area contributed by atoms with Crippen molar-refractivity contribution in [2.75, 3.05) is 11.1 Å². The van der Waals surface area contributed by atoms with Crippen LogP contribution in [0.1, 0.15) is 11.4 Å². The number of carbonyl (C=O) groups excluding carboxylic acids is 2. The minimum absolute atomic E-state index is 0.00160. The second-order valence-corrected chi connectivity index (χ2v) is 7.45. The van der Waals surface area contributed by atoms with Gasteiger partial charge in [-0.05, 0) is 11.6 Å². The van der Waals surface area contributed by atoms with Gasteiger partial charge in [-0.25, -0.2) is 0 Å². The normalized spacial score (nSPS) is 10.5. The molecule has 0 spiro atoms. The number of aromatic nitrogens is 3. The van der Waals surface area contributed by atoms with Gasteiger partial charge in [0.2, 0.25) is 11.8 Å². The molecule has 3 aromatic rings. The minimum Gasteiger partial charge on any atom is -0.349 e. The number of amides is 2. The van der Waals surface area contributed by atoms with Gasteiger partial charge in [-0.2, -0.15) is 0 Å². The van der Waals surface area contributed by atoms with E-state index < -0.39 is 10.8 Å². The highest BCUT2D eigenvalue weighted by Crippen LogP contribution is 2.24. The van der Waals surface area contributed by atoms with E-state index in [0.29, 0.717) is 11.0 Å². The van der Waals surface area contributed by atoms with Gasteiger partial charge in [0.25, 0.3) is 5.69 Å². The largest absolute Gasteiger partial charge is 0.349 e. The second kappa shape index (κ2) is 10.3. The molecule has 0 aliphatic rings. The van der Waals surface area contributed by atoms with Gasteiger partial charge in [0, 0.05) is 13.1 Å². The van der Waals surface area contributed by atoms with Gasteiger partial charge < -0.3 is 15.2 Å². The summed E-state index contributed by atoms with van der Waals surface area (Å²) in [5.74, 6) is 0.00791. The molecule has 11 heteroatoms. The van der Waals surface area contributed by atoms with Gasteiger partial charge in [0.1, 0.15) is 5.69 Å². The molecule has 0 saturated heterocycles. The fourth-order valence-corrected chi connectivity index (χ4v) is 3.43. The molecular formula is C20H20N6O4S. The zero-order valence-corrected chi connectivity index (χ0v) is 17.5. The third kappa shape index (κ3) is 6.12. The Morgan fingerprint density at radius 3 is 2.52 bits per heavy atom. The molecule has 31 heavy (non-hydrogen) atoms. The van der Waals surface area contributed by atoms with Crippen LogP contribution >= 0.6 is 11.8 Å². The first-order chi connectivity index (χ1) is 14.9. The monoisotopic (exact) mass is 440 g/mol. The standard InChI is InChI=1S/C20H20N6O4S/c1-25-17(12-21-18(27)11-14-7-3-2-4-8-14)23-24-20(25)31-13-19(28)22-15-9-5-6-10-16(15)26(29)30/h2-10H,11-13H2,1H3,(H,21,27)(H,22,28). The maximum atomic E-state index is 12.2. The molecule has 0 atom stereocenters. The number of rotatable bonds is 9. The summed E-state index contributed by atoms with van der Waals surface area (Å²) in [5, 5.41) is 25.0. The number of carbonyl (C=O) groups is 2. The lowest BCUT2D eigenvalue weighted by Gasteiger charge is -2.07. The van der Waals surface area contributed by atoms with Crippen LogP contribution in [0, 0.1) is 10.1 Å². The number of hydrogen-bond donors (Lipinski definition) is 2. The first-order valence-corrected chi connectivity index (χ1v) is 10.3. The van der Waals surface area contributed by atoms with Crippen molar-refractivity contribution in [2.45, 2.75) is 18.1 Å². The van der Waals surface area contributed by atoms with Crippen LogP contribution in [0.15, 0.2) is 59.8 Å². The fraction of sp³-hybridized carbons (Fsp3) is 0.200. The Labute approximate surface area is 182 Å². The predicted octanol–water partition coefficient (Wildman–Crippen LogP) is 2.31. The van der Waals surface area contributed by atoms with Gasteiger partial charge in [0.15, 0.2) is 11.0 Å². The second-order valence-electron chi connectivity index (χ2n) is 6.51. The summed E-state index contributed by atoms with van der Waals surface area (Å²) in [6.45, 7) is 0.206. The number of thioether (sulfide) groups is 1. The van der Waals surface area contributed by atoms with Crippen molar-refractivity contribution in [2.24, 2.45) is 7.05 Å². The molecule has 3 rings (SSSR count). The van der Waals surface area contributed by atoms with Gasteiger partial charge in [-0.3, -0.25) is 19.7 Å². The number of anilines is 1. The average molecular weight is 440 g/mol. The third-order valence-electron chi connectivity index (χ3n) is 4.28. The van der Waals surface area contributed by atoms with E-state index in [9.17, 15) is 19.7 Å². The SMILES string of the molecule is Cn1c(CNC(=O)Cc2ccccc2)nnc1SCC(=O)Nc1ccccc1[N+](=O)[O-]. The molecule has 1 aromatic heterocycles. The summed E-state index contributed by atoms with van der Waals surface area (Å²) in [5.41, 5.74) is 0.879. The van der Waals surface area contributed by atoms with E-state index >= 15 is 0 Å². The van der Waals surface area contributed by atoms with Crippen molar-refractivity contribution in [1.82, 2.24) is 20.1 Å². The lowest BCUT2D eigenvalue weighted by Crippen LogP contribution is -2.26. The van der Waals surface area contributed by atoms with Crippen molar-refractivity contribution >= 4 is 35.0 Å². The Hall–Kier alpha value is -3.73. The van der Waals surface area contributed by atoms with E-state index in [2.05, 4.69) is 20.8 Å². The van der Waals surface area contributed by atoms with Crippen LogP contribution in [0.5, 0.6) is 0 Å². The Balaban J connectivity index is 1.50. The summed E-state index contributed by atoms with van der Waals surface area (Å²) in [4.78, 5) is 34.8. The molecule has 0 radical (unpaired) electrons. The lowest BCUT2D eigenvalue weighted by molar-refractivity contribution is -0.383. The molecule has 0 aliphatic heterocycles. The highest BCUT2D eigenvalue weighted by Gasteiger charge is 2.16. The zero-order chi connectivity index (χ0) is 22.2. The highest BCUT2D eigenvalue weighted by molar-refractivity contribution is 7.99. The molecule has 2 N–H and O–H groups in total.